The zero-order valence-corrected chi connectivity index (χ0v) is 11.7. The van der Waals surface area contributed by atoms with E-state index in [0.717, 1.165) is 18.8 Å². The number of hydrogen-bond donors (Lipinski definition) is 1. The number of ether oxygens (including phenoxy) is 1. The molecule has 1 unspecified atom stereocenters. The molecule has 0 aliphatic carbocycles. The van der Waals surface area contributed by atoms with Gasteiger partial charge >= 0.3 is 5.97 Å². The van der Waals surface area contributed by atoms with E-state index in [4.69, 9.17) is 10.5 Å². The minimum absolute atomic E-state index is 0.341. The molecule has 0 spiro atoms. The number of nitrogen functional groups attached to an aromatic ring is 1. The van der Waals surface area contributed by atoms with Crippen LogP contribution in [0.2, 0.25) is 0 Å². The van der Waals surface area contributed by atoms with Gasteiger partial charge in [-0.25, -0.2) is 4.79 Å². The second-order valence-corrected chi connectivity index (χ2v) is 5.19. The van der Waals surface area contributed by atoms with Gasteiger partial charge in [0, 0.05) is 24.5 Å². The van der Waals surface area contributed by atoms with Crippen LogP contribution in [0, 0.1) is 5.92 Å². The lowest BCUT2D eigenvalue weighted by atomic mass is 9.99. The van der Waals surface area contributed by atoms with Crippen LogP contribution >= 0.6 is 0 Å². The van der Waals surface area contributed by atoms with E-state index >= 15 is 0 Å². The molecule has 0 saturated carbocycles. The number of anilines is 2. The molecule has 1 aromatic carbocycles. The monoisotopic (exact) mass is 262 g/mol. The number of nitrogens with two attached hydrogens (primary N) is 1. The molecule has 0 aromatic heterocycles. The predicted molar refractivity (Wildman–Crippen MR) is 77.4 cm³/mol. The van der Waals surface area contributed by atoms with Gasteiger partial charge in [-0.1, -0.05) is 6.92 Å². The van der Waals surface area contributed by atoms with E-state index in [1.54, 1.807) is 13.0 Å². The fourth-order valence-electron chi connectivity index (χ4n) is 2.55. The van der Waals surface area contributed by atoms with Gasteiger partial charge in [-0.3, -0.25) is 0 Å². The average Bonchev–Trinajstić information content (AvgIpc) is 2.39. The van der Waals surface area contributed by atoms with E-state index in [0.29, 0.717) is 23.8 Å². The fraction of sp³-hybridized carbons (Fsp3) is 0.533. The van der Waals surface area contributed by atoms with Gasteiger partial charge in [0.05, 0.1) is 12.2 Å². The van der Waals surface area contributed by atoms with Gasteiger partial charge in [0.25, 0.3) is 0 Å². The third-order valence-corrected chi connectivity index (χ3v) is 3.55. The van der Waals surface area contributed by atoms with Gasteiger partial charge in [0.2, 0.25) is 0 Å². The fourth-order valence-corrected chi connectivity index (χ4v) is 2.55. The Morgan fingerprint density at radius 2 is 2.32 bits per heavy atom. The van der Waals surface area contributed by atoms with E-state index in [-0.39, 0.29) is 5.97 Å². The lowest BCUT2D eigenvalue weighted by molar-refractivity contribution is 0.0527. The van der Waals surface area contributed by atoms with Crippen molar-refractivity contribution in [2.45, 2.75) is 26.7 Å². The van der Waals surface area contributed by atoms with Crippen molar-refractivity contribution in [2.24, 2.45) is 5.92 Å². The highest BCUT2D eigenvalue weighted by molar-refractivity contribution is 5.96. The standard InChI is InChI=1S/C15H22N2O2/c1-3-19-15(18)13-9-12(6-7-14(13)16)17-8-4-5-11(2)10-17/h6-7,9,11H,3-5,8,10,16H2,1-2H3. The molecule has 1 aromatic rings. The summed E-state index contributed by atoms with van der Waals surface area (Å²) >= 11 is 0. The van der Waals surface area contributed by atoms with E-state index in [1.807, 2.05) is 12.1 Å². The van der Waals surface area contributed by atoms with Gasteiger partial charge in [0.1, 0.15) is 0 Å². The van der Waals surface area contributed by atoms with Crippen LogP contribution in [-0.4, -0.2) is 25.7 Å². The Labute approximate surface area is 114 Å². The summed E-state index contributed by atoms with van der Waals surface area (Å²) in [6, 6.07) is 5.63. The molecule has 1 aliphatic heterocycles. The van der Waals surface area contributed by atoms with Gasteiger partial charge in [-0.05, 0) is 43.9 Å². The van der Waals surface area contributed by atoms with Crippen LogP contribution in [0.25, 0.3) is 0 Å². The van der Waals surface area contributed by atoms with Gasteiger partial charge < -0.3 is 15.4 Å². The number of carbonyl (C=O) groups excluding carboxylic acids is 1. The third-order valence-electron chi connectivity index (χ3n) is 3.55. The van der Waals surface area contributed by atoms with Gasteiger partial charge in [-0.2, -0.15) is 0 Å². The maximum atomic E-state index is 11.8. The van der Waals surface area contributed by atoms with E-state index < -0.39 is 0 Å². The largest absolute Gasteiger partial charge is 0.462 e. The van der Waals surface area contributed by atoms with Crippen molar-refractivity contribution in [3.8, 4) is 0 Å². The predicted octanol–water partition coefficient (Wildman–Crippen LogP) is 2.68. The van der Waals surface area contributed by atoms with Gasteiger partial charge in [-0.15, -0.1) is 0 Å². The van der Waals surface area contributed by atoms with E-state index in [1.165, 1.54) is 12.8 Å². The maximum Gasteiger partial charge on any atom is 0.340 e. The topological polar surface area (TPSA) is 55.6 Å². The number of piperidine rings is 1. The van der Waals surface area contributed by atoms with Gasteiger partial charge in [0.15, 0.2) is 0 Å². The molecule has 0 bridgehead atoms. The van der Waals surface area contributed by atoms with E-state index in [2.05, 4.69) is 11.8 Å². The molecular weight excluding hydrogens is 240 g/mol. The van der Waals surface area contributed by atoms with Crippen molar-refractivity contribution in [2.75, 3.05) is 30.3 Å². The Balaban J connectivity index is 2.22. The maximum absolute atomic E-state index is 11.8. The molecule has 4 nitrogen and oxygen atoms in total. The lowest BCUT2D eigenvalue weighted by Crippen LogP contribution is -2.34. The van der Waals surface area contributed by atoms with Crippen molar-refractivity contribution in [1.29, 1.82) is 0 Å². The smallest absolute Gasteiger partial charge is 0.340 e. The van der Waals surface area contributed by atoms with Crippen LogP contribution < -0.4 is 10.6 Å². The number of carbonyl (C=O) groups is 1. The summed E-state index contributed by atoms with van der Waals surface area (Å²) in [5.41, 5.74) is 7.87. The highest BCUT2D eigenvalue weighted by atomic mass is 16.5. The van der Waals surface area contributed by atoms with Crippen LogP contribution in [0.1, 0.15) is 37.0 Å². The summed E-state index contributed by atoms with van der Waals surface area (Å²) in [4.78, 5) is 14.2. The minimum atomic E-state index is -0.341. The normalized spacial score (nSPS) is 19.3. The molecule has 104 valence electrons. The number of nitrogens with zero attached hydrogens (tertiary/aromatic N) is 1. The first-order valence-electron chi connectivity index (χ1n) is 6.93. The summed E-state index contributed by atoms with van der Waals surface area (Å²) in [6.45, 7) is 6.49. The van der Waals surface area contributed by atoms with Crippen molar-refractivity contribution >= 4 is 17.3 Å². The molecule has 1 aliphatic rings. The van der Waals surface area contributed by atoms with Crippen molar-refractivity contribution in [1.82, 2.24) is 0 Å². The number of rotatable bonds is 3. The van der Waals surface area contributed by atoms with Crippen LogP contribution in [0.3, 0.4) is 0 Å². The Hall–Kier alpha value is -1.71. The zero-order valence-electron chi connectivity index (χ0n) is 11.7. The highest BCUT2D eigenvalue weighted by Gasteiger charge is 2.19. The van der Waals surface area contributed by atoms with Crippen LogP contribution in [-0.2, 0) is 4.74 Å². The van der Waals surface area contributed by atoms with Crippen LogP contribution in [0.15, 0.2) is 18.2 Å². The first kappa shape index (κ1) is 13.7. The average molecular weight is 262 g/mol. The SMILES string of the molecule is CCOC(=O)c1cc(N2CCCC(C)C2)ccc1N. The van der Waals surface area contributed by atoms with Crippen LogP contribution in [0.4, 0.5) is 11.4 Å². The molecule has 0 radical (unpaired) electrons. The molecule has 2 N–H and O–H groups in total. The van der Waals surface area contributed by atoms with Crippen molar-refractivity contribution in [3.05, 3.63) is 23.8 Å². The molecule has 1 atom stereocenters. The number of hydrogen-bond acceptors (Lipinski definition) is 4. The third kappa shape index (κ3) is 3.19. The summed E-state index contributed by atoms with van der Waals surface area (Å²) in [7, 11) is 0. The number of benzene rings is 1. The lowest BCUT2D eigenvalue weighted by Gasteiger charge is -2.33. The first-order valence-corrected chi connectivity index (χ1v) is 6.93. The summed E-state index contributed by atoms with van der Waals surface area (Å²) in [5.74, 6) is 0.351. The Morgan fingerprint density at radius 1 is 1.53 bits per heavy atom. The quantitative estimate of drug-likeness (QED) is 0.672. The number of esters is 1. The molecule has 0 amide bonds. The summed E-state index contributed by atoms with van der Waals surface area (Å²) < 4.78 is 5.03. The molecule has 1 fully saturated rings. The first-order chi connectivity index (χ1) is 9.11. The second-order valence-electron chi connectivity index (χ2n) is 5.19. The van der Waals surface area contributed by atoms with E-state index in [9.17, 15) is 4.79 Å². The molecule has 4 heteroatoms. The molecule has 19 heavy (non-hydrogen) atoms. The summed E-state index contributed by atoms with van der Waals surface area (Å²) in [5, 5.41) is 0. The van der Waals surface area contributed by atoms with Crippen molar-refractivity contribution in [3.63, 3.8) is 0 Å². The second kappa shape index (κ2) is 5.95. The molecule has 1 heterocycles. The highest BCUT2D eigenvalue weighted by Crippen LogP contribution is 2.26. The molecular formula is C15H22N2O2. The van der Waals surface area contributed by atoms with Crippen LogP contribution in [0.5, 0.6) is 0 Å². The minimum Gasteiger partial charge on any atom is -0.462 e. The molecule has 2 rings (SSSR count). The molecule has 1 saturated heterocycles. The Bertz CT molecular complexity index is 459. The Morgan fingerprint density at radius 3 is 3.00 bits per heavy atom. The summed E-state index contributed by atoms with van der Waals surface area (Å²) in [6.07, 6.45) is 2.47. The van der Waals surface area contributed by atoms with Crippen molar-refractivity contribution < 1.29 is 9.53 Å². The zero-order chi connectivity index (χ0) is 13.8. The Kier molecular flexibility index (Phi) is 4.30.